The molecule has 0 saturated carbocycles. The highest BCUT2D eigenvalue weighted by Gasteiger charge is 2.46. The summed E-state index contributed by atoms with van der Waals surface area (Å²) in [5, 5.41) is 11.4. The van der Waals surface area contributed by atoms with Gasteiger partial charge in [-0.2, -0.15) is 0 Å². The summed E-state index contributed by atoms with van der Waals surface area (Å²) in [5.41, 5.74) is 2.83. The number of ketones is 1. The molecule has 3 heterocycles. The van der Waals surface area contributed by atoms with Crippen molar-refractivity contribution >= 4 is 17.4 Å². The number of carbonyl (C=O) groups is 2. The number of rotatable bonds is 7. The van der Waals surface area contributed by atoms with E-state index in [0.717, 1.165) is 16.9 Å². The molecule has 1 aromatic carbocycles. The van der Waals surface area contributed by atoms with Gasteiger partial charge in [0.2, 0.25) is 0 Å². The molecule has 0 bridgehead atoms. The van der Waals surface area contributed by atoms with Gasteiger partial charge in [-0.05, 0) is 59.9 Å². The first-order valence-electron chi connectivity index (χ1n) is 11.3. The van der Waals surface area contributed by atoms with E-state index in [9.17, 15) is 14.7 Å². The van der Waals surface area contributed by atoms with Crippen molar-refractivity contribution in [1.29, 1.82) is 0 Å². The number of ether oxygens (including phenoxy) is 1. The van der Waals surface area contributed by atoms with Crippen molar-refractivity contribution in [3.63, 3.8) is 0 Å². The van der Waals surface area contributed by atoms with Crippen LogP contribution < -0.4 is 4.74 Å². The number of Topliss-reactive ketones (excluding diaryl/α,β-unsaturated/α-hetero) is 1. The molecule has 1 N–H and O–H groups in total. The van der Waals surface area contributed by atoms with Gasteiger partial charge in [0, 0.05) is 36.9 Å². The molecular formula is C27H27N3O4. The molecule has 1 aliphatic heterocycles. The maximum atomic E-state index is 13.2. The zero-order chi connectivity index (χ0) is 24.2. The van der Waals surface area contributed by atoms with Crippen molar-refractivity contribution < 1.29 is 19.4 Å². The third-order valence-electron chi connectivity index (χ3n) is 5.82. The smallest absolute Gasteiger partial charge is 0.295 e. The molecule has 3 aromatic rings. The third-order valence-corrected chi connectivity index (χ3v) is 5.82. The molecule has 4 rings (SSSR count). The van der Waals surface area contributed by atoms with Crippen molar-refractivity contribution in [2.75, 3.05) is 6.61 Å². The fourth-order valence-electron chi connectivity index (χ4n) is 4.21. The zero-order valence-corrected chi connectivity index (χ0v) is 19.4. The summed E-state index contributed by atoms with van der Waals surface area (Å²) in [6, 6.07) is 11.7. The molecule has 1 amide bonds. The van der Waals surface area contributed by atoms with Crippen molar-refractivity contribution in [2.24, 2.45) is 0 Å². The molecule has 0 aliphatic carbocycles. The number of carbonyl (C=O) groups excluding carboxylic acids is 2. The molecule has 174 valence electrons. The predicted molar refractivity (Wildman–Crippen MR) is 128 cm³/mol. The molecule has 1 unspecified atom stereocenters. The number of pyridine rings is 2. The van der Waals surface area contributed by atoms with Crippen molar-refractivity contribution in [3.05, 3.63) is 95.1 Å². The third kappa shape index (κ3) is 4.41. The summed E-state index contributed by atoms with van der Waals surface area (Å²) in [6.45, 7) is 6.67. The van der Waals surface area contributed by atoms with Crippen LogP contribution in [0.25, 0.3) is 5.76 Å². The fraction of sp³-hybridized carbons (Fsp3) is 0.259. The van der Waals surface area contributed by atoms with E-state index >= 15 is 0 Å². The van der Waals surface area contributed by atoms with Crippen LogP contribution in [0.2, 0.25) is 0 Å². The predicted octanol–water partition coefficient (Wildman–Crippen LogP) is 4.62. The number of amides is 1. The molecule has 7 heteroatoms. The van der Waals surface area contributed by atoms with Crippen LogP contribution in [-0.4, -0.2) is 38.3 Å². The average molecular weight is 458 g/mol. The quantitative estimate of drug-likeness (QED) is 0.316. The molecule has 34 heavy (non-hydrogen) atoms. The largest absolute Gasteiger partial charge is 0.507 e. The van der Waals surface area contributed by atoms with Gasteiger partial charge in [-0.15, -0.1) is 0 Å². The number of aromatic nitrogens is 2. The molecule has 2 aromatic heterocycles. The monoisotopic (exact) mass is 457 g/mol. The highest BCUT2D eigenvalue weighted by Crippen LogP contribution is 2.41. The first kappa shape index (κ1) is 23.2. The minimum absolute atomic E-state index is 0.0424. The normalized spacial score (nSPS) is 17.4. The van der Waals surface area contributed by atoms with Crippen molar-refractivity contribution in [3.8, 4) is 5.75 Å². The van der Waals surface area contributed by atoms with Crippen LogP contribution in [0.3, 0.4) is 0 Å². The van der Waals surface area contributed by atoms with E-state index < -0.39 is 17.7 Å². The molecule has 0 spiro atoms. The topological polar surface area (TPSA) is 92.6 Å². The Morgan fingerprint density at radius 1 is 1.09 bits per heavy atom. The number of benzene rings is 1. The van der Waals surface area contributed by atoms with Crippen LogP contribution >= 0.6 is 0 Å². The van der Waals surface area contributed by atoms with Gasteiger partial charge in [0.1, 0.15) is 11.5 Å². The van der Waals surface area contributed by atoms with Crippen LogP contribution in [0.4, 0.5) is 0 Å². The molecule has 1 fully saturated rings. The minimum atomic E-state index is -0.775. The summed E-state index contributed by atoms with van der Waals surface area (Å²) in [6.07, 6.45) is 6.53. The molecule has 7 nitrogen and oxygen atoms in total. The number of aliphatic hydroxyl groups is 1. The SMILES string of the molecule is CCOc1ccc(/C(O)=C2/C(=O)C(=O)N(Cc3cccnc3)C2c2cccnc2)cc1C(C)C. The second kappa shape index (κ2) is 9.87. The Bertz CT molecular complexity index is 1220. The summed E-state index contributed by atoms with van der Waals surface area (Å²) in [7, 11) is 0. The van der Waals surface area contributed by atoms with Gasteiger partial charge in [0.05, 0.1) is 18.2 Å². The lowest BCUT2D eigenvalue weighted by Gasteiger charge is -2.25. The van der Waals surface area contributed by atoms with E-state index in [0.29, 0.717) is 17.7 Å². The lowest BCUT2D eigenvalue weighted by atomic mass is 9.93. The summed E-state index contributed by atoms with van der Waals surface area (Å²) < 4.78 is 5.73. The van der Waals surface area contributed by atoms with Gasteiger partial charge in [-0.1, -0.05) is 26.0 Å². The lowest BCUT2D eigenvalue weighted by Crippen LogP contribution is -2.29. The standard InChI is InChI=1S/C27H27N3O4/c1-4-34-22-10-9-19(13-21(22)17(2)3)25(31)23-24(20-8-6-12-29-15-20)30(27(33)26(23)32)16-18-7-5-11-28-14-18/h5-15,17,24,31H,4,16H2,1-3H3/b25-23-. The number of hydrogen-bond donors (Lipinski definition) is 1. The Kier molecular flexibility index (Phi) is 6.72. The molecule has 1 aliphatic rings. The summed E-state index contributed by atoms with van der Waals surface area (Å²) in [5.74, 6) is -0.748. The second-order valence-electron chi connectivity index (χ2n) is 8.41. The fourth-order valence-corrected chi connectivity index (χ4v) is 4.21. The van der Waals surface area contributed by atoms with Gasteiger partial charge < -0.3 is 14.7 Å². The zero-order valence-electron chi connectivity index (χ0n) is 19.4. The highest BCUT2D eigenvalue weighted by molar-refractivity contribution is 6.46. The van der Waals surface area contributed by atoms with Gasteiger partial charge in [0.25, 0.3) is 11.7 Å². The van der Waals surface area contributed by atoms with Crippen LogP contribution in [0.15, 0.2) is 72.8 Å². The Labute approximate surface area is 198 Å². The second-order valence-corrected chi connectivity index (χ2v) is 8.41. The van der Waals surface area contributed by atoms with Crippen LogP contribution in [0.1, 0.15) is 55.0 Å². The van der Waals surface area contributed by atoms with E-state index in [4.69, 9.17) is 4.74 Å². The maximum absolute atomic E-state index is 13.2. The van der Waals surface area contributed by atoms with Gasteiger partial charge >= 0.3 is 0 Å². The molecule has 1 saturated heterocycles. The number of hydrogen-bond acceptors (Lipinski definition) is 6. The first-order chi connectivity index (χ1) is 16.4. The van der Waals surface area contributed by atoms with Gasteiger partial charge in [0.15, 0.2) is 0 Å². The number of aliphatic hydroxyl groups excluding tert-OH is 1. The molecule has 0 radical (unpaired) electrons. The summed E-state index contributed by atoms with van der Waals surface area (Å²) in [4.78, 5) is 36.1. The van der Waals surface area contributed by atoms with Gasteiger partial charge in [-0.3, -0.25) is 19.6 Å². The van der Waals surface area contributed by atoms with E-state index in [1.807, 2.05) is 32.9 Å². The Morgan fingerprint density at radius 3 is 2.44 bits per heavy atom. The highest BCUT2D eigenvalue weighted by atomic mass is 16.5. The molecule has 1 atom stereocenters. The van der Waals surface area contributed by atoms with Crippen molar-refractivity contribution in [1.82, 2.24) is 14.9 Å². The Hall–Kier alpha value is -4.00. The van der Waals surface area contributed by atoms with Crippen molar-refractivity contribution in [2.45, 2.75) is 39.3 Å². The minimum Gasteiger partial charge on any atom is -0.507 e. The average Bonchev–Trinajstić information content (AvgIpc) is 3.10. The van der Waals surface area contributed by atoms with Crippen LogP contribution in [0.5, 0.6) is 5.75 Å². The van der Waals surface area contributed by atoms with Gasteiger partial charge in [-0.25, -0.2) is 0 Å². The van der Waals surface area contributed by atoms with Crippen LogP contribution in [0, 0.1) is 0 Å². The Morgan fingerprint density at radius 2 is 1.82 bits per heavy atom. The van der Waals surface area contributed by atoms with E-state index in [2.05, 4.69) is 9.97 Å². The van der Waals surface area contributed by atoms with E-state index in [1.165, 1.54) is 4.90 Å². The Balaban J connectivity index is 1.85. The van der Waals surface area contributed by atoms with Crippen LogP contribution in [-0.2, 0) is 16.1 Å². The number of nitrogens with zero attached hydrogens (tertiary/aromatic N) is 3. The van der Waals surface area contributed by atoms with E-state index in [1.54, 1.807) is 55.1 Å². The summed E-state index contributed by atoms with van der Waals surface area (Å²) >= 11 is 0. The first-order valence-corrected chi connectivity index (χ1v) is 11.3. The maximum Gasteiger partial charge on any atom is 0.295 e. The lowest BCUT2D eigenvalue weighted by molar-refractivity contribution is -0.140. The number of likely N-dealkylation sites (tertiary alicyclic amines) is 1. The molecular weight excluding hydrogens is 430 g/mol. The van der Waals surface area contributed by atoms with E-state index in [-0.39, 0.29) is 23.8 Å².